The van der Waals surface area contributed by atoms with Gasteiger partial charge in [0.15, 0.2) is 16.7 Å². The lowest BCUT2D eigenvalue weighted by atomic mass is 10.1. The van der Waals surface area contributed by atoms with E-state index >= 15 is 0 Å². The molecule has 3 aromatic carbocycles. The van der Waals surface area contributed by atoms with E-state index in [1.807, 2.05) is 0 Å². The number of carbonyl (C=O) groups excluding carboxylic acids is 2. The maximum Gasteiger partial charge on any atom is 0.337 e. The lowest BCUT2D eigenvalue weighted by Gasteiger charge is -2.20. The largest absolute Gasteiger partial charge is 0.473 e. The average molecular weight is 630 g/mol. The van der Waals surface area contributed by atoms with Crippen LogP contribution in [0.15, 0.2) is 77.8 Å². The zero-order valence-electron chi connectivity index (χ0n) is 22.7. The summed E-state index contributed by atoms with van der Waals surface area (Å²) in [5, 5.41) is 3.05. The van der Waals surface area contributed by atoms with Crippen LogP contribution in [-0.4, -0.2) is 49.8 Å². The van der Waals surface area contributed by atoms with Crippen molar-refractivity contribution in [2.45, 2.75) is 23.8 Å². The number of esters is 1. The Labute approximate surface area is 249 Å². The van der Waals surface area contributed by atoms with Gasteiger partial charge in [-0.05, 0) is 61.4 Å². The minimum Gasteiger partial charge on any atom is -0.473 e. The van der Waals surface area contributed by atoms with Crippen molar-refractivity contribution in [1.29, 1.82) is 0 Å². The van der Waals surface area contributed by atoms with Crippen molar-refractivity contribution in [2.24, 2.45) is 0 Å². The number of anilines is 1. The maximum atomic E-state index is 14.5. The molecule has 224 valence electrons. The van der Waals surface area contributed by atoms with E-state index in [-0.39, 0.29) is 21.3 Å². The molecule has 1 unspecified atom stereocenters. The van der Waals surface area contributed by atoms with E-state index < -0.39 is 39.6 Å². The van der Waals surface area contributed by atoms with Crippen LogP contribution in [0.25, 0.3) is 0 Å². The van der Waals surface area contributed by atoms with Crippen molar-refractivity contribution in [3.05, 3.63) is 95.7 Å². The molecule has 4 aromatic rings. The quantitative estimate of drug-likeness (QED) is 0.227. The maximum absolute atomic E-state index is 14.5. The number of sulfonamides is 1. The molecule has 0 spiro atoms. The number of methoxy groups -OCH3 is 1. The third-order valence-electron chi connectivity index (χ3n) is 6.47. The number of hydrogen-bond acceptors (Lipinski definition) is 9. The fourth-order valence-corrected chi connectivity index (χ4v) is 6.50. The second-order valence-corrected chi connectivity index (χ2v) is 12.3. The molecule has 1 fully saturated rings. The number of nitrogens with zero attached hydrogens (tertiary/aromatic N) is 2. The number of benzene rings is 3. The number of carbonyl (C=O) groups is 2. The molecule has 1 amide bonds. The highest BCUT2D eigenvalue weighted by molar-refractivity contribution is 7.89. The van der Waals surface area contributed by atoms with Gasteiger partial charge in [0.2, 0.25) is 21.2 Å². The van der Waals surface area contributed by atoms with Gasteiger partial charge in [0.05, 0.1) is 23.8 Å². The van der Waals surface area contributed by atoms with E-state index in [9.17, 15) is 26.8 Å². The highest BCUT2D eigenvalue weighted by Gasteiger charge is 2.29. The Bertz CT molecular complexity index is 1720. The summed E-state index contributed by atoms with van der Waals surface area (Å²) in [6.07, 6.45) is 1.48. The van der Waals surface area contributed by atoms with Crippen molar-refractivity contribution in [3.8, 4) is 16.6 Å². The molecule has 1 aromatic heterocycles. The van der Waals surface area contributed by atoms with Crippen LogP contribution < -0.4 is 14.8 Å². The number of ether oxygens (including phenoxy) is 3. The van der Waals surface area contributed by atoms with Gasteiger partial charge in [0.25, 0.3) is 5.91 Å². The zero-order chi connectivity index (χ0) is 30.6. The van der Waals surface area contributed by atoms with Gasteiger partial charge in [-0.2, -0.15) is 4.31 Å². The Morgan fingerprint density at radius 3 is 2.35 bits per heavy atom. The van der Waals surface area contributed by atoms with Gasteiger partial charge < -0.3 is 14.2 Å². The summed E-state index contributed by atoms with van der Waals surface area (Å²) in [5.41, 5.74) is 0.567. The number of aromatic nitrogens is 1. The molecule has 0 radical (unpaired) electrons. The van der Waals surface area contributed by atoms with Crippen LogP contribution in [0.3, 0.4) is 0 Å². The Morgan fingerprint density at radius 2 is 1.70 bits per heavy atom. The Hall–Kier alpha value is -4.40. The highest BCUT2D eigenvalue weighted by Crippen LogP contribution is 2.33. The fraction of sp³-hybridized carbons (Fsp3) is 0.207. The van der Waals surface area contributed by atoms with Gasteiger partial charge in [-0.25, -0.2) is 27.0 Å². The number of halogens is 2. The summed E-state index contributed by atoms with van der Waals surface area (Å²) in [7, 11) is -2.43. The fourth-order valence-electron chi connectivity index (χ4n) is 4.29. The first-order valence-electron chi connectivity index (χ1n) is 13.0. The topological polar surface area (TPSA) is 124 Å². The molecule has 0 saturated carbocycles. The lowest BCUT2D eigenvalue weighted by molar-refractivity contribution is -0.123. The van der Waals surface area contributed by atoms with Gasteiger partial charge in [-0.15, -0.1) is 0 Å². The van der Waals surface area contributed by atoms with E-state index in [0.29, 0.717) is 35.5 Å². The molecular weight excluding hydrogens is 604 g/mol. The van der Waals surface area contributed by atoms with Crippen molar-refractivity contribution < 1.29 is 41.0 Å². The molecule has 1 atom stereocenters. The molecule has 0 bridgehead atoms. The number of amides is 1. The molecule has 1 N–H and O–H groups in total. The van der Waals surface area contributed by atoms with E-state index in [1.54, 1.807) is 12.1 Å². The van der Waals surface area contributed by atoms with Gasteiger partial charge in [-0.1, -0.05) is 23.5 Å². The van der Waals surface area contributed by atoms with E-state index in [2.05, 4.69) is 15.0 Å². The normalized spacial score (nSPS) is 14.2. The molecule has 1 saturated heterocycles. The van der Waals surface area contributed by atoms with Gasteiger partial charge in [0, 0.05) is 24.7 Å². The summed E-state index contributed by atoms with van der Waals surface area (Å²) in [6, 6.07) is 14.4. The summed E-state index contributed by atoms with van der Waals surface area (Å²) in [6.45, 7) is 0.862. The van der Waals surface area contributed by atoms with Crippen LogP contribution in [-0.2, 0) is 19.6 Å². The second-order valence-electron chi connectivity index (χ2n) is 9.34. The first kappa shape index (κ1) is 30.1. The van der Waals surface area contributed by atoms with Crippen LogP contribution in [0.2, 0.25) is 0 Å². The molecule has 1 aliphatic rings. The standard InChI is InChI=1S/C29H25F2N3O7S2/c1-39-28(36)19-4-9-21(10-5-19)40-25-17-32-29(42-25)33-27(35)26(41-24-13-8-20(30)16-23(24)31)18-6-11-22(12-7-18)43(37,38)34-14-2-3-15-34/h4-13,16-17,26H,2-3,14-15H2,1H3,(H,32,33,35). The molecule has 2 heterocycles. The molecule has 10 nitrogen and oxygen atoms in total. The lowest BCUT2D eigenvalue weighted by Crippen LogP contribution is -2.28. The molecule has 1 aliphatic heterocycles. The van der Waals surface area contributed by atoms with Gasteiger partial charge in [0.1, 0.15) is 11.6 Å². The molecular formula is C29H25F2N3O7S2. The summed E-state index contributed by atoms with van der Waals surface area (Å²) in [5.74, 6) is -3.05. The van der Waals surface area contributed by atoms with E-state index in [1.165, 1.54) is 54.0 Å². The number of rotatable bonds is 10. The smallest absolute Gasteiger partial charge is 0.337 e. The first-order valence-corrected chi connectivity index (χ1v) is 15.2. The molecule has 14 heteroatoms. The average Bonchev–Trinajstić information content (AvgIpc) is 3.70. The predicted octanol–water partition coefficient (Wildman–Crippen LogP) is 5.54. The van der Waals surface area contributed by atoms with Crippen LogP contribution in [0.1, 0.15) is 34.9 Å². The third kappa shape index (κ3) is 6.98. The van der Waals surface area contributed by atoms with Crippen LogP contribution >= 0.6 is 11.3 Å². The summed E-state index contributed by atoms with van der Waals surface area (Å²) in [4.78, 5) is 29.2. The van der Waals surface area contributed by atoms with Gasteiger partial charge >= 0.3 is 5.97 Å². The minimum absolute atomic E-state index is 0.0478. The monoisotopic (exact) mass is 629 g/mol. The number of nitrogens with one attached hydrogen (secondary N) is 1. The molecule has 43 heavy (non-hydrogen) atoms. The Balaban J connectivity index is 1.35. The molecule has 0 aliphatic carbocycles. The zero-order valence-corrected chi connectivity index (χ0v) is 24.3. The van der Waals surface area contributed by atoms with E-state index in [4.69, 9.17) is 9.47 Å². The minimum atomic E-state index is -3.71. The second kappa shape index (κ2) is 12.9. The Morgan fingerprint density at radius 1 is 1.00 bits per heavy atom. The van der Waals surface area contributed by atoms with Crippen molar-refractivity contribution in [3.63, 3.8) is 0 Å². The number of thiazole rings is 1. The van der Waals surface area contributed by atoms with Crippen LogP contribution in [0.5, 0.6) is 16.6 Å². The first-order chi connectivity index (χ1) is 20.6. The van der Waals surface area contributed by atoms with Crippen molar-refractivity contribution in [2.75, 3.05) is 25.5 Å². The number of hydrogen-bond donors (Lipinski definition) is 1. The summed E-state index contributed by atoms with van der Waals surface area (Å²) < 4.78 is 71.3. The van der Waals surface area contributed by atoms with E-state index in [0.717, 1.165) is 36.3 Å². The van der Waals surface area contributed by atoms with Crippen molar-refractivity contribution >= 4 is 38.4 Å². The van der Waals surface area contributed by atoms with Crippen molar-refractivity contribution in [1.82, 2.24) is 9.29 Å². The molecule has 5 rings (SSSR count). The third-order valence-corrected chi connectivity index (χ3v) is 9.17. The highest BCUT2D eigenvalue weighted by atomic mass is 32.2. The van der Waals surface area contributed by atoms with Crippen LogP contribution in [0, 0.1) is 11.6 Å². The Kier molecular flexibility index (Phi) is 8.99. The van der Waals surface area contributed by atoms with Crippen LogP contribution in [0.4, 0.5) is 13.9 Å². The predicted molar refractivity (Wildman–Crippen MR) is 153 cm³/mol. The van der Waals surface area contributed by atoms with Gasteiger partial charge in [-0.3, -0.25) is 10.1 Å². The SMILES string of the molecule is COC(=O)c1ccc(Oc2cnc(NC(=O)C(Oc3ccc(F)cc3F)c3ccc(S(=O)(=O)N4CCCC4)cc3)s2)cc1. The summed E-state index contributed by atoms with van der Waals surface area (Å²) >= 11 is 0.994.